The first-order valence-corrected chi connectivity index (χ1v) is 8.36. The standard InChI is InChI=1S/C16H23N5O2/c1-10(2)15-17-18-16-11(3)20(5-6-21(15)16)8-13-12-9-22-7-4-14(12)23-19-13/h10-11H,4-9H2,1-3H3. The molecule has 0 saturated carbocycles. The number of hydrogen-bond donors (Lipinski definition) is 0. The Morgan fingerprint density at radius 3 is 2.96 bits per heavy atom. The van der Waals surface area contributed by atoms with Crippen molar-refractivity contribution < 1.29 is 9.26 Å². The predicted molar refractivity (Wildman–Crippen MR) is 82.8 cm³/mol. The van der Waals surface area contributed by atoms with Gasteiger partial charge in [0, 0.05) is 37.5 Å². The van der Waals surface area contributed by atoms with Gasteiger partial charge in [0.15, 0.2) is 0 Å². The molecule has 4 heterocycles. The second kappa shape index (κ2) is 5.72. The molecule has 0 aliphatic carbocycles. The van der Waals surface area contributed by atoms with E-state index in [2.05, 4.69) is 45.6 Å². The van der Waals surface area contributed by atoms with Gasteiger partial charge in [0.1, 0.15) is 23.1 Å². The maximum atomic E-state index is 5.55. The number of nitrogens with zero attached hydrogens (tertiary/aromatic N) is 5. The molecule has 1 atom stereocenters. The summed E-state index contributed by atoms with van der Waals surface area (Å²) in [4.78, 5) is 2.39. The molecule has 124 valence electrons. The molecule has 23 heavy (non-hydrogen) atoms. The van der Waals surface area contributed by atoms with E-state index in [0.717, 1.165) is 61.3 Å². The normalized spacial score (nSPS) is 21.5. The molecule has 1 unspecified atom stereocenters. The van der Waals surface area contributed by atoms with Crippen LogP contribution in [-0.2, 0) is 30.9 Å². The van der Waals surface area contributed by atoms with Crippen molar-refractivity contribution >= 4 is 0 Å². The summed E-state index contributed by atoms with van der Waals surface area (Å²) in [5.74, 6) is 3.52. The molecule has 0 aromatic carbocycles. The highest BCUT2D eigenvalue weighted by Gasteiger charge is 2.30. The van der Waals surface area contributed by atoms with E-state index in [4.69, 9.17) is 9.26 Å². The van der Waals surface area contributed by atoms with Gasteiger partial charge >= 0.3 is 0 Å². The van der Waals surface area contributed by atoms with Crippen molar-refractivity contribution in [3.63, 3.8) is 0 Å². The lowest BCUT2D eigenvalue weighted by Gasteiger charge is -2.33. The molecular formula is C16H23N5O2. The first-order valence-electron chi connectivity index (χ1n) is 8.36. The van der Waals surface area contributed by atoms with Crippen LogP contribution in [0.3, 0.4) is 0 Å². The second-order valence-electron chi connectivity index (χ2n) is 6.70. The lowest BCUT2D eigenvalue weighted by Crippen LogP contribution is -2.37. The molecule has 2 aromatic rings. The van der Waals surface area contributed by atoms with Crippen LogP contribution in [-0.4, -0.2) is 38.0 Å². The zero-order valence-corrected chi connectivity index (χ0v) is 13.9. The Bertz CT molecular complexity index is 705. The van der Waals surface area contributed by atoms with E-state index in [1.807, 2.05) is 0 Å². The highest BCUT2D eigenvalue weighted by Crippen LogP contribution is 2.29. The van der Waals surface area contributed by atoms with E-state index in [0.29, 0.717) is 12.5 Å². The van der Waals surface area contributed by atoms with Crippen LogP contribution >= 0.6 is 0 Å². The fourth-order valence-corrected chi connectivity index (χ4v) is 3.49. The molecule has 2 aliphatic rings. The van der Waals surface area contributed by atoms with E-state index < -0.39 is 0 Å². The topological polar surface area (TPSA) is 69.2 Å². The smallest absolute Gasteiger partial charge is 0.150 e. The van der Waals surface area contributed by atoms with Crippen LogP contribution in [0.5, 0.6) is 0 Å². The minimum atomic E-state index is 0.223. The lowest BCUT2D eigenvalue weighted by atomic mass is 10.1. The third-order valence-corrected chi connectivity index (χ3v) is 4.88. The molecule has 4 rings (SSSR count). The molecule has 2 aromatic heterocycles. The highest BCUT2D eigenvalue weighted by atomic mass is 16.5. The Morgan fingerprint density at radius 1 is 1.26 bits per heavy atom. The van der Waals surface area contributed by atoms with Gasteiger partial charge in [-0.05, 0) is 6.92 Å². The second-order valence-corrected chi connectivity index (χ2v) is 6.70. The summed E-state index contributed by atoms with van der Waals surface area (Å²) in [6.45, 7) is 10.5. The summed E-state index contributed by atoms with van der Waals surface area (Å²) in [6.07, 6.45) is 0.823. The maximum absolute atomic E-state index is 5.55. The van der Waals surface area contributed by atoms with Gasteiger partial charge in [-0.15, -0.1) is 10.2 Å². The quantitative estimate of drug-likeness (QED) is 0.863. The fraction of sp³-hybridized carbons (Fsp3) is 0.688. The molecule has 0 bridgehead atoms. The van der Waals surface area contributed by atoms with Gasteiger partial charge in [-0.1, -0.05) is 19.0 Å². The van der Waals surface area contributed by atoms with E-state index >= 15 is 0 Å². The minimum absolute atomic E-state index is 0.223. The number of aromatic nitrogens is 4. The molecule has 0 spiro atoms. The summed E-state index contributed by atoms with van der Waals surface area (Å²) in [7, 11) is 0. The lowest BCUT2D eigenvalue weighted by molar-refractivity contribution is 0.101. The molecule has 2 aliphatic heterocycles. The van der Waals surface area contributed by atoms with Gasteiger partial charge in [-0.2, -0.15) is 0 Å². The SMILES string of the molecule is CC(C)c1nnc2n1CCN(Cc1noc3c1COCC3)C2C. The van der Waals surface area contributed by atoms with E-state index in [-0.39, 0.29) is 6.04 Å². The number of hydrogen-bond acceptors (Lipinski definition) is 6. The third kappa shape index (κ3) is 2.48. The molecule has 0 radical (unpaired) electrons. The summed E-state index contributed by atoms with van der Waals surface area (Å²) in [5.41, 5.74) is 2.14. The Balaban J connectivity index is 1.56. The molecule has 0 saturated heterocycles. The van der Waals surface area contributed by atoms with Crippen LogP contribution < -0.4 is 0 Å². The molecule has 7 heteroatoms. The van der Waals surface area contributed by atoms with Crippen molar-refractivity contribution in [2.24, 2.45) is 0 Å². The average molecular weight is 317 g/mol. The molecular weight excluding hydrogens is 294 g/mol. The van der Waals surface area contributed by atoms with Gasteiger partial charge in [0.05, 0.1) is 19.3 Å². The van der Waals surface area contributed by atoms with Crippen molar-refractivity contribution in [2.45, 2.75) is 58.8 Å². The molecule has 7 nitrogen and oxygen atoms in total. The summed E-state index contributed by atoms with van der Waals surface area (Å²) >= 11 is 0. The van der Waals surface area contributed by atoms with Crippen molar-refractivity contribution in [1.29, 1.82) is 0 Å². The number of ether oxygens (including phenoxy) is 1. The van der Waals surface area contributed by atoms with Crippen LogP contribution in [0.4, 0.5) is 0 Å². The van der Waals surface area contributed by atoms with Crippen LogP contribution in [0.15, 0.2) is 4.52 Å². The minimum Gasteiger partial charge on any atom is -0.376 e. The number of rotatable bonds is 3. The first kappa shape index (κ1) is 14.8. The monoisotopic (exact) mass is 317 g/mol. The molecule has 0 fully saturated rings. The van der Waals surface area contributed by atoms with E-state index in [1.54, 1.807) is 0 Å². The zero-order valence-electron chi connectivity index (χ0n) is 13.9. The number of fused-ring (bicyclic) bond motifs is 2. The van der Waals surface area contributed by atoms with E-state index in [1.165, 1.54) is 0 Å². The van der Waals surface area contributed by atoms with Crippen LogP contribution in [0, 0.1) is 0 Å². The predicted octanol–water partition coefficient (Wildman–Crippen LogP) is 2.04. The van der Waals surface area contributed by atoms with Crippen molar-refractivity contribution in [1.82, 2.24) is 24.8 Å². The van der Waals surface area contributed by atoms with Crippen molar-refractivity contribution in [3.05, 3.63) is 28.7 Å². The van der Waals surface area contributed by atoms with Crippen LogP contribution in [0.2, 0.25) is 0 Å². The van der Waals surface area contributed by atoms with E-state index in [9.17, 15) is 0 Å². The van der Waals surface area contributed by atoms with Crippen LogP contribution in [0.1, 0.15) is 61.4 Å². The Labute approximate surface area is 135 Å². The molecule has 0 amide bonds. The largest absolute Gasteiger partial charge is 0.376 e. The zero-order chi connectivity index (χ0) is 16.0. The Hall–Kier alpha value is -1.73. The maximum Gasteiger partial charge on any atom is 0.150 e. The van der Waals surface area contributed by atoms with Gasteiger partial charge in [0.25, 0.3) is 0 Å². The summed E-state index contributed by atoms with van der Waals surface area (Å²) < 4.78 is 13.3. The summed E-state index contributed by atoms with van der Waals surface area (Å²) in [6, 6.07) is 0.223. The summed E-state index contributed by atoms with van der Waals surface area (Å²) in [5, 5.41) is 13.1. The third-order valence-electron chi connectivity index (χ3n) is 4.88. The first-order chi connectivity index (χ1) is 11.1. The van der Waals surface area contributed by atoms with Crippen molar-refractivity contribution in [3.8, 4) is 0 Å². The highest BCUT2D eigenvalue weighted by molar-refractivity contribution is 5.24. The molecule has 0 N–H and O–H groups in total. The Morgan fingerprint density at radius 2 is 2.13 bits per heavy atom. The Kier molecular flexibility index (Phi) is 3.69. The average Bonchev–Trinajstić information content (AvgIpc) is 3.15. The van der Waals surface area contributed by atoms with Gasteiger partial charge in [-0.3, -0.25) is 4.90 Å². The van der Waals surface area contributed by atoms with Crippen LogP contribution in [0.25, 0.3) is 0 Å². The fourth-order valence-electron chi connectivity index (χ4n) is 3.49. The van der Waals surface area contributed by atoms with Crippen molar-refractivity contribution in [2.75, 3.05) is 13.2 Å². The van der Waals surface area contributed by atoms with Gasteiger partial charge < -0.3 is 13.8 Å². The van der Waals surface area contributed by atoms with Gasteiger partial charge in [-0.25, -0.2) is 0 Å². The van der Waals surface area contributed by atoms with Gasteiger partial charge in [0.2, 0.25) is 0 Å².